The molecular formula is C18H21N5O4S2. The van der Waals surface area contributed by atoms with Gasteiger partial charge in [-0.15, -0.1) is 10.2 Å². The van der Waals surface area contributed by atoms with Crippen LogP contribution in [0.25, 0.3) is 16.7 Å². The second-order valence-electron chi connectivity index (χ2n) is 7.05. The van der Waals surface area contributed by atoms with Gasteiger partial charge in [0, 0.05) is 12.6 Å². The molecule has 0 saturated carbocycles. The van der Waals surface area contributed by atoms with Crippen LogP contribution in [0, 0.1) is 0 Å². The molecule has 0 spiro atoms. The van der Waals surface area contributed by atoms with Crippen molar-refractivity contribution in [3.63, 3.8) is 0 Å². The number of nitrogens with one attached hydrogen (secondary N) is 1. The van der Waals surface area contributed by atoms with E-state index < -0.39 is 9.84 Å². The fraction of sp³-hybridized carbons (Fsp3) is 0.444. The molecular weight excluding hydrogens is 414 g/mol. The Morgan fingerprint density at radius 1 is 1.31 bits per heavy atom. The Hall–Kier alpha value is -2.40. The molecule has 1 saturated heterocycles. The molecule has 1 N–H and O–H groups in total. The molecule has 4 rings (SSSR count). The number of carbonyl (C=O) groups excluding carboxylic acids is 1. The zero-order valence-corrected chi connectivity index (χ0v) is 17.5. The quantitative estimate of drug-likeness (QED) is 0.571. The highest BCUT2D eigenvalue weighted by Crippen LogP contribution is 2.22. The van der Waals surface area contributed by atoms with Gasteiger partial charge in [-0.05, 0) is 25.0 Å². The number of benzene rings is 1. The summed E-state index contributed by atoms with van der Waals surface area (Å²) in [5.41, 5.74) is 0.578. The molecule has 0 aliphatic carbocycles. The number of rotatable bonds is 6. The highest BCUT2D eigenvalue weighted by atomic mass is 32.2. The minimum absolute atomic E-state index is 0.00873. The normalized spacial score (nSPS) is 18.4. The second kappa shape index (κ2) is 7.79. The van der Waals surface area contributed by atoms with Gasteiger partial charge in [0.2, 0.25) is 11.7 Å². The van der Waals surface area contributed by atoms with Crippen molar-refractivity contribution in [3.8, 4) is 0 Å². The zero-order chi connectivity index (χ0) is 20.6. The van der Waals surface area contributed by atoms with Crippen LogP contribution in [0.15, 0.2) is 34.2 Å². The maximum atomic E-state index is 12.8. The number of thioether (sulfide) groups is 1. The summed E-state index contributed by atoms with van der Waals surface area (Å²) in [6.07, 6.45) is 1.22. The van der Waals surface area contributed by atoms with Crippen molar-refractivity contribution in [2.75, 3.05) is 17.3 Å². The summed E-state index contributed by atoms with van der Waals surface area (Å²) < 4.78 is 26.5. The van der Waals surface area contributed by atoms with Gasteiger partial charge >= 0.3 is 0 Å². The van der Waals surface area contributed by atoms with Crippen LogP contribution in [0.5, 0.6) is 0 Å². The van der Waals surface area contributed by atoms with Crippen LogP contribution in [0.1, 0.15) is 19.8 Å². The molecule has 11 heteroatoms. The summed E-state index contributed by atoms with van der Waals surface area (Å²) in [6.45, 7) is 2.50. The van der Waals surface area contributed by atoms with Crippen LogP contribution >= 0.6 is 11.8 Å². The summed E-state index contributed by atoms with van der Waals surface area (Å²) in [5, 5.41) is 12.2. The van der Waals surface area contributed by atoms with Crippen molar-refractivity contribution in [1.82, 2.24) is 24.5 Å². The Morgan fingerprint density at radius 3 is 2.83 bits per heavy atom. The Balaban J connectivity index is 1.61. The van der Waals surface area contributed by atoms with Gasteiger partial charge in [-0.1, -0.05) is 30.8 Å². The van der Waals surface area contributed by atoms with E-state index >= 15 is 0 Å². The van der Waals surface area contributed by atoms with E-state index in [2.05, 4.69) is 15.5 Å². The molecule has 1 atom stereocenters. The molecule has 0 radical (unpaired) electrons. The largest absolute Gasteiger partial charge is 0.352 e. The fourth-order valence-electron chi connectivity index (χ4n) is 3.56. The van der Waals surface area contributed by atoms with E-state index in [9.17, 15) is 18.0 Å². The Bertz CT molecular complexity index is 1250. The predicted octanol–water partition coefficient (Wildman–Crippen LogP) is 0.850. The summed E-state index contributed by atoms with van der Waals surface area (Å²) >= 11 is 1.21. The summed E-state index contributed by atoms with van der Waals surface area (Å²) in [4.78, 5) is 25.1. The molecule has 3 aromatic rings. The molecule has 0 bridgehead atoms. The molecule has 9 nitrogen and oxygen atoms in total. The van der Waals surface area contributed by atoms with Gasteiger partial charge in [-0.3, -0.25) is 18.6 Å². The first-order chi connectivity index (χ1) is 13.9. The monoisotopic (exact) mass is 435 g/mol. The lowest BCUT2D eigenvalue weighted by atomic mass is 10.2. The smallest absolute Gasteiger partial charge is 0.262 e. The van der Waals surface area contributed by atoms with Gasteiger partial charge in [0.1, 0.15) is 0 Å². The molecule has 1 aliphatic rings. The number of hydrogen-bond acceptors (Lipinski definition) is 7. The SMILES string of the molecule is CCCn1c(=O)c2ccccc2n2c(SCC(=O)NC3CCS(=O)(=O)C3)nnc12. The van der Waals surface area contributed by atoms with Crippen molar-refractivity contribution >= 4 is 44.2 Å². The average Bonchev–Trinajstić information content (AvgIpc) is 3.26. The lowest BCUT2D eigenvalue weighted by Crippen LogP contribution is -2.36. The summed E-state index contributed by atoms with van der Waals surface area (Å²) in [6, 6.07) is 6.92. The third kappa shape index (κ3) is 3.88. The number of aryl methyl sites for hydroxylation is 1. The zero-order valence-electron chi connectivity index (χ0n) is 15.9. The standard InChI is InChI=1S/C18H21N5O4S2/c1-2-8-22-16(25)13-5-3-4-6-14(13)23-17(22)20-21-18(23)28-10-15(24)19-12-7-9-29(26,27)11-12/h3-6,12H,2,7-11H2,1H3,(H,19,24). The predicted molar refractivity (Wildman–Crippen MR) is 111 cm³/mol. The molecule has 1 amide bonds. The molecule has 29 heavy (non-hydrogen) atoms. The lowest BCUT2D eigenvalue weighted by Gasteiger charge is -2.11. The fourth-order valence-corrected chi connectivity index (χ4v) is 5.99. The van der Waals surface area contributed by atoms with Crippen LogP contribution in [-0.4, -0.2) is 56.8 Å². The van der Waals surface area contributed by atoms with E-state index in [4.69, 9.17) is 0 Å². The van der Waals surface area contributed by atoms with Gasteiger partial charge < -0.3 is 5.32 Å². The van der Waals surface area contributed by atoms with Crippen molar-refractivity contribution in [3.05, 3.63) is 34.6 Å². The lowest BCUT2D eigenvalue weighted by molar-refractivity contribution is -0.119. The number of carbonyl (C=O) groups is 1. The molecule has 1 aromatic carbocycles. The molecule has 1 aliphatic heterocycles. The number of aromatic nitrogens is 4. The first-order valence-electron chi connectivity index (χ1n) is 9.39. The number of nitrogens with zero attached hydrogens (tertiary/aromatic N) is 4. The summed E-state index contributed by atoms with van der Waals surface area (Å²) in [5.74, 6) is 0.380. The third-order valence-corrected chi connectivity index (χ3v) is 7.55. The van der Waals surface area contributed by atoms with Crippen LogP contribution in [0.2, 0.25) is 0 Å². The highest BCUT2D eigenvalue weighted by Gasteiger charge is 2.29. The van der Waals surface area contributed by atoms with Crippen LogP contribution < -0.4 is 10.9 Å². The van der Waals surface area contributed by atoms with Crippen molar-refractivity contribution in [2.45, 2.75) is 37.5 Å². The van der Waals surface area contributed by atoms with Gasteiger partial charge in [-0.25, -0.2) is 8.42 Å². The maximum Gasteiger partial charge on any atom is 0.262 e. The molecule has 1 fully saturated rings. The van der Waals surface area contributed by atoms with E-state index in [1.165, 1.54) is 11.8 Å². The molecule has 1 unspecified atom stereocenters. The van der Waals surface area contributed by atoms with Gasteiger partial charge in [-0.2, -0.15) is 0 Å². The molecule has 154 valence electrons. The Morgan fingerprint density at radius 2 is 2.10 bits per heavy atom. The Labute approximate surface area is 171 Å². The van der Waals surface area contributed by atoms with E-state index in [-0.39, 0.29) is 34.8 Å². The Kier molecular flexibility index (Phi) is 5.34. The minimum atomic E-state index is -3.05. The number of amides is 1. The number of hydrogen-bond donors (Lipinski definition) is 1. The van der Waals surface area contributed by atoms with E-state index in [1.54, 1.807) is 15.0 Å². The van der Waals surface area contributed by atoms with Crippen molar-refractivity contribution in [1.29, 1.82) is 0 Å². The third-order valence-electron chi connectivity index (χ3n) is 4.86. The second-order valence-corrected chi connectivity index (χ2v) is 10.2. The van der Waals surface area contributed by atoms with Crippen molar-refractivity contribution < 1.29 is 13.2 Å². The first-order valence-corrected chi connectivity index (χ1v) is 12.2. The van der Waals surface area contributed by atoms with Crippen LogP contribution in [0.4, 0.5) is 0 Å². The minimum Gasteiger partial charge on any atom is -0.352 e. The van der Waals surface area contributed by atoms with E-state index in [0.717, 1.165) is 6.42 Å². The van der Waals surface area contributed by atoms with Crippen LogP contribution in [0.3, 0.4) is 0 Å². The van der Waals surface area contributed by atoms with Gasteiger partial charge in [0.05, 0.1) is 28.2 Å². The number of sulfone groups is 1. The maximum absolute atomic E-state index is 12.8. The summed E-state index contributed by atoms with van der Waals surface area (Å²) in [7, 11) is -3.05. The van der Waals surface area contributed by atoms with E-state index in [1.807, 2.05) is 25.1 Å². The van der Waals surface area contributed by atoms with Crippen molar-refractivity contribution in [2.24, 2.45) is 0 Å². The molecule has 2 aromatic heterocycles. The highest BCUT2D eigenvalue weighted by molar-refractivity contribution is 7.99. The van der Waals surface area contributed by atoms with Crippen LogP contribution in [-0.2, 0) is 21.2 Å². The number of fused-ring (bicyclic) bond motifs is 3. The number of para-hydroxylation sites is 1. The topological polar surface area (TPSA) is 115 Å². The first kappa shape index (κ1) is 19.9. The van der Waals surface area contributed by atoms with E-state index in [0.29, 0.717) is 34.8 Å². The van der Waals surface area contributed by atoms with Gasteiger partial charge in [0.25, 0.3) is 5.56 Å². The van der Waals surface area contributed by atoms with Gasteiger partial charge in [0.15, 0.2) is 15.0 Å². The molecule has 3 heterocycles. The average molecular weight is 436 g/mol.